The van der Waals surface area contributed by atoms with Gasteiger partial charge in [-0.05, 0) is 150 Å². The van der Waals surface area contributed by atoms with Crippen LogP contribution < -0.4 is 43.4 Å². The number of hydrogen-bond donors (Lipinski definition) is 1. The van der Waals surface area contributed by atoms with Crippen LogP contribution in [0.25, 0.3) is 0 Å². The van der Waals surface area contributed by atoms with E-state index in [2.05, 4.69) is 38.8 Å². The molecule has 0 bridgehead atoms. The maximum Gasteiger partial charge on any atom is 0.264 e. The zero-order valence-electron chi connectivity index (χ0n) is 64.6. The van der Waals surface area contributed by atoms with E-state index in [1.807, 2.05) is 153 Å². The zero-order valence-corrected chi connectivity index (χ0v) is 68.6. The van der Waals surface area contributed by atoms with Crippen LogP contribution in [-0.4, -0.2) is 136 Å². The van der Waals surface area contributed by atoms with E-state index in [-0.39, 0.29) is 107 Å². The summed E-state index contributed by atoms with van der Waals surface area (Å²) in [5.41, 5.74) is 14.6. The second kappa shape index (κ2) is 33.6. The van der Waals surface area contributed by atoms with Crippen LogP contribution in [0.1, 0.15) is 136 Å². The quantitative estimate of drug-likeness (QED) is 0.0621. The molecule has 14 rings (SSSR count). The van der Waals surface area contributed by atoms with Gasteiger partial charge in [0.1, 0.15) is 19.0 Å². The number of carbonyl (C=O) groups excluding carboxylic acids is 5. The van der Waals surface area contributed by atoms with Crippen molar-refractivity contribution in [2.45, 2.75) is 140 Å². The summed E-state index contributed by atoms with van der Waals surface area (Å²) in [6.45, 7) is 12.6. The smallest absolute Gasteiger partial charge is 0.264 e. The number of phenols is 1. The van der Waals surface area contributed by atoms with Crippen LogP contribution in [0.15, 0.2) is 161 Å². The fourth-order valence-corrected chi connectivity index (χ4v) is 15.7. The van der Waals surface area contributed by atoms with Crippen molar-refractivity contribution in [1.29, 1.82) is 0 Å². The Balaban J connectivity index is 0.000000194. The predicted octanol–water partition coefficient (Wildman–Crippen LogP) is 14.6. The summed E-state index contributed by atoms with van der Waals surface area (Å²) in [5.74, 6) is 1.31. The van der Waals surface area contributed by atoms with Gasteiger partial charge in [-0.25, -0.2) is 0 Å². The molecule has 5 amide bonds. The maximum absolute atomic E-state index is 14.0. The summed E-state index contributed by atoms with van der Waals surface area (Å²) in [6.07, 6.45) is 15.6. The highest BCUT2D eigenvalue weighted by molar-refractivity contribution is 8.29. The number of rotatable bonds is 22. The van der Waals surface area contributed by atoms with E-state index in [1.165, 1.54) is 13.2 Å². The number of anilines is 5. The summed E-state index contributed by atoms with van der Waals surface area (Å²) >= 11 is 11.0. The molecule has 2 unspecified atom stereocenters. The average molecular weight is 1590 g/mol. The van der Waals surface area contributed by atoms with E-state index in [9.17, 15) is 37.5 Å². The fraction of sp³-hybridized carbons (Fsp3) is 0.341. The highest BCUT2D eigenvalue weighted by Crippen LogP contribution is 2.45. The number of benzene rings is 8. The molecule has 0 saturated heterocycles. The lowest BCUT2D eigenvalue weighted by Crippen LogP contribution is -2.37. The Kier molecular flexibility index (Phi) is 24.4. The molecule has 6 heterocycles. The minimum Gasteiger partial charge on any atom is -0.504 e. The van der Waals surface area contributed by atoms with Crippen molar-refractivity contribution in [2.75, 3.05) is 71.6 Å². The van der Waals surface area contributed by atoms with Crippen molar-refractivity contribution in [2.24, 2.45) is 15.0 Å². The molecular formula is C85H92N8O13S5. The molecule has 6 aliphatic heterocycles. The molecule has 0 aromatic heterocycles. The maximum atomic E-state index is 14.0. The standard InChI is InChI=1S/C50H49N5O6S2.C18H29NO4S3.C17H14N2O3/c1-30-17-38-40(51-26-36-21-33-11-7-9-13-42(33)54(36)48(38)57)24-44(30)60-28-31-18-32(20-35(19-31)53(4)47(56)15-16-50(2,3)63(6)62)29-61-46-25-41-39(23-45(46)59-5)49(58)55-37(27-52-41)22-34-12-8-10-14-43(34)55;1-7-14-10-15(13-23-26(6,21)22)12-16(11-14)19(4)17(20)8-9-18(2,3)25(5)24;1-22-16-7-12-13(8-15(16)20)18-9-11-6-10-4-2-3-5-14(10)19(11)17(12)21/h7-14,17-20,23-27,36-37H,15-16,21-22,28-29H2,1-6H3;10-12H,7-9,13H2,1-6H3;2-5,7-9,11,20H,6H2,1H3/t36-,37-,63?;;11-/m0.0/s1. The molecular weight excluding hydrogens is 1500 g/mol. The minimum absolute atomic E-state index is 0.0155. The lowest BCUT2D eigenvalue weighted by molar-refractivity contribution is -0.119. The predicted molar refractivity (Wildman–Crippen MR) is 451 cm³/mol. The largest absolute Gasteiger partial charge is 0.504 e. The van der Waals surface area contributed by atoms with Gasteiger partial charge in [-0.1, -0.05) is 118 Å². The molecule has 0 spiro atoms. The van der Waals surface area contributed by atoms with E-state index in [0.29, 0.717) is 88.8 Å². The van der Waals surface area contributed by atoms with Crippen LogP contribution in [0.4, 0.5) is 45.5 Å². The number of nitrogens with zero attached hydrogens (tertiary/aromatic N) is 8. The topological polar surface area (TPSA) is 239 Å². The van der Waals surface area contributed by atoms with Crippen molar-refractivity contribution in [1.82, 2.24) is 0 Å². The lowest BCUT2D eigenvalue weighted by Gasteiger charge is -2.26. The molecule has 111 heavy (non-hydrogen) atoms. The molecule has 21 nitrogen and oxygen atoms in total. The van der Waals surface area contributed by atoms with Gasteiger partial charge < -0.3 is 33.9 Å². The highest BCUT2D eigenvalue weighted by atomic mass is 32.8. The van der Waals surface area contributed by atoms with Crippen LogP contribution in [0, 0.1) is 6.92 Å². The van der Waals surface area contributed by atoms with Crippen LogP contribution in [0.2, 0.25) is 0 Å². The lowest BCUT2D eigenvalue weighted by atomic mass is 10.0. The number of aromatic hydroxyl groups is 1. The molecule has 26 heteroatoms. The molecule has 1 N–H and O–H groups in total. The van der Waals surface area contributed by atoms with E-state index >= 15 is 0 Å². The number of phenolic OH excluding ortho intramolecular Hbond substituents is 1. The van der Waals surface area contributed by atoms with Gasteiger partial charge in [0.05, 0.1) is 79.0 Å². The summed E-state index contributed by atoms with van der Waals surface area (Å²) in [7, 11) is 2.56. The normalized spacial score (nSPS) is 16.7. The third kappa shape index (κ3) is 17.9. The third-order valence-corrected chi connectivity index (χ3v) is 27.9. The molecule has 5 atom stereocenters. The van der Waals surface area contributed by atoms with E-state index < -0.39 is 10.1 Å². The van der Waals surface area contributed by atoms with Crippen molar-refractivity contribution >= 4 is 145 Å². The number of methoxy groups -OCH3 is 2. The summed E-state index contributed by atoms with van der Waals surface area (Å²) in [6, 6.07) is 45.1. The average Bonchev–Trinajstić information content (AvgIpc) is 1.62. The van der Waals surface area contributed by atoms with Crippen molar-refractivity contribution in [3.63, 3.8) is 0 Å². The zero-order chi connectivity index (χ0) is 79.5. The first-order valence-corrected chi connectivity index (χ1v) is 43.5. The Bertz CT molecular complexity index is 5270. The van der Waals surface area contributed by atoms with Crippen LogP contribution in [0.5, 0.6) is 28.7 Å². The number of amides is 5. The summed E-state index contributed by atoms with van der Waals surface area (Å²) in [4.78, 5) is 89.9. The Morgan fingerprint density at radius 3 is 1.32 bits per heavy atom. The Morgan fingerprint density at radius 2 is 0.901 bits per heavy atom. The Hall–Kier alpha value is -9.83. The van der Waals surface area contributed by atoms with Crippen LogP contribution in [-0.2, 0) is 111 Å². The molecule has 580 valence electrons. The van der Waals surface area contributed by atoms with Gasteiger partial charge in [0.15, 0.2) is 23.0 Å². The summed E-state index contributed by atoms with van der Waals surface area (Å²) < 4.78 is 51.0. The van der Waals surface area contributed by atoms with Crippen molar-refractivity contribution < 1.29 is 60.6 Å². The van der Waals surface area contributed by atoms with Crippen LogP contribution in [0.3, 0.4) is 0 Å². The third-order valence-electron chi connectivity index (χ3n) is 21.1. The molecule has 8 aromatic rings. The number of aryl methyl sites for hydroxylation is 2. The first kappa shape index (κ1) is 80.7. The Labute approximate surface area is 663 Å². The number of hydrogen-bond acceptors (Lipinski definition) is 18. The van der Waals surface area contributed by atoms with Crippen LogP contribution >= 0.6 is 0 Å². The van der Waals surface area contributed by atoms with Gasteiger partial charge in [-0.3, -0.25) is 57.8 Å². The number of ether oxygens (including phenoxy) is 4. The monoisotopic (exact) mass is 1590 g/mol. The number of para-hydroxylation sites is 3. The molecule has 0 radical (unpaired) electrons. The van der Waals surface area contributed by atoms with Gasteiger partial charge in [0, 0.05) is 121 Å². The Morgan fingerprint density at radius 1 is 0.532 bits per heavy atom. The van der Waals surface area contributed by atoms with Crippen molar-refractivity contribution in [3.8, 4) is 28.7 Å². The molecule has 6 aliphatic rings. The second-order valence-corrected chi connectivity index (χ2v) is 38.2. The van der Waals surface area contributed by atoms with Gasteiger partial charge in [0.2, 0.25) is 11.8 Å². The number of fused-ring (bicyclic) bond motifs is 12. The number of carbonyl (C=O) groups is 5. The first-order chi connectivity index (χ1) is 52.8. The van der Waals surface area contributed by atoms with E-state index in [1.54, 1.807) is 71.3 Å². The van der Waals surface area contributed by atoms with Gasteiger partial charge in [-0.15, -0.1) is 18.9 Å². The first-order valence-electron chi connectivity index (χ1n) is 36.5. The SMILES string of the molecule is CCc1cc(COS(C)(=O)=O)cc(N(C)C(=O)CCC(C)(C)S(C)=S)c1.COc1cc2c(cc1O)N=C[C@@H]1Cc3ccccc3N1C2=O.COc1cc2c(cc1OCc1cc(COc3cc4c(cc3C)C(=O)N3c5ccccc5C[C@H]3C=N4)cc(N(C)C(=O)CCC(C)(C)S(C)=S)c1)N=C[C@@H]1Cc3ccccc3N1C2=O. The van der Waals surface area contributed by atoms with Gasteiger partial charge in [0.25, 0.3) is 27.8 Å². The second-order valence-electron chi connectivity index (χ2n) is 29.5. The van der Waals surface area contributed by atoms with Gasteiger partial charge in [-0.2, -0.15) is 8.42 Å². The molecule has 0 fully saturated rings. The fourth-order valence-electron chi connectivity index (χ4n) is 14.0. The van der Waals surface area contributed by atoms with E-state index in [4.69, 9.17) is 55.5 Å². The molecule has 0 aliphatic carbocycles. The van der Waals surface area contributed by atoms with E-state index in [0.717, 1.165) is 92.8 Å². The van der Waals surface area contributed by atoms with Gasteiger partial charge >= 0.3 is 0 Å². The summed E-state index contributed by atoms with van der Waals surface area (Å²) in [5, 5.41) is 9.88. The highest BCUT2D eigenvalue weighted by Gasteiger charge is 2.40. The number of aliphatic imine (C=N–C) groups is 3. The molecule has 8 aromatic carbocycles. The van der Waals surface area contributed by atoms with Crippen molar-refractivity contribution in [3.05, 3.63) is 207 Å². The molecule has 0 saturated carbocycles. The minimum atomic E-state index is -3.51.